The van der Waals surface area contributed by atoms with Crippen molar-refractivity contribution in [1.29, 1.82) is 0 Å². The molecule has 1 heterocycles. The molecule has 5 heteroatoms. The largest absolute Gasteiger partial charge is 0.389 e. The summed E-state index contributed by atoms with van der Waals surface area (Å²) in [6, 6.07) is 0. The quantitative estimate of drug-likeness (QED) is 0.571. The molecule has 0 saturated carbocycles. The third kappa shape index (κ3) is 6.30. The lowest BCUT2D eigenvalue weighted by atomic mass is 10.1. The summed E-state index contributed by atoms with van der Waals surface area (Å²) in [4.78, 5) is 12.6. The number of β-amino-alcohol motifs (C(OH)–C–C–N with tert-alkyl or cyclic N) is 1. The van der Waals surface area contributed by atoms with Gasteiger partial charge in [-0.05, 0) is 33.1 Å². The van der Waals surface area contributed by atoms with Gasteiger partial charge in [-0.2, -0.15) is 0 Å². The SMILES string of the molecule is C=N/C=N\C(=C/CCC)N1CCN(CC(C)(C)O)CC1. The maximum atomic E-state index is 9.87. The minimum atomic E-state index is -0.631. The van der Waals surface area contributed by atoms with Gasteiger partial charge in [0.15, 0.2) is 0 Å². The molecule has 20 heavy (non-hydrogen) atoms. The molecule has 114 valence electrons. The topological polar surface area (TPSA) is 51.4 Å². The van der Waals surface area contributed by atoms with Gasteiger partial charge in [0.1, 0.15) is 12.2 Å². The molecule has 0 unspecified atom stereocenters. The number of hydrogen-bond donors (Lipinski definition) is 1. The number of rotatable bonds is 7. The first-order chi connectivity index (χ1) is 9.46. The summed E-state index contributed by atoms with van der Waals surface area (Å²) in [5.41, 5.74) is -0.631. The van der Waals surface area contributed by atoms with Crippen molar-refractivity contribution in [2.45, 2.75) is 39.2 Å². The van der Waals surface area contributed by atoms with Crippen LogP contribution in [0.25, 0.3) is 0 Å². The molecule has 1 N–H and O–H groups in total. The molecule has 1 aliphatic heterocycles. The number of aliphatic hydroxyl groups is 1. The molecule has 0 aromatic heterocycles. The van der Waals surface area contributed by atoms with Gasteiger partial charge < -0.3 is 10.0 Å². The van der Waals surface area contributed by atoms with Crippen molar-refractivity contribution in [2.24, 2.45) is 9.98 Å². The number of piperazine rings is 1. The Morgan fingerprint density at radius 3 is 2.45 bits per heavy atom. The number of allylic oxidation sites excluding steroid dienone is 1. The zero-order chi connectivity index (χ0) is 15.0. The first-order valence-corrected chi connectivity index (χ1v) is 7.34. The molecule has 0 radical (unpaired) electrons. The van der Waals surface area contributed by atoms with Gasteiger partial charge in [0.2, 0.25) is 0 Å². The van der Waals surface area contributed by atoms with Crippen molar-refractivity contribution in [3.63, 3.8) is 0 Å². The second kappa shape index (κ2) is 8.17. The molecule has 1 fully saturated rings. The van der Waals surface area contributed by atoms with Gasteiger partial charge in [-0.15, -0.1) is 0 Å². The zero-order valence-corrected chi connectivity index (χ0v) is 13.0. The van der Waals surface area contributed by atoms with Gasteiger partial charge in [0.25, 0.3) is 0 Å². The van der Waals surface area contributed by atoms with Gasteiger partial charge in [0.05, 0.1) is 5.60 Å². The van der Waals surface area contributed by atoms with E-state index in [1.165, 1.54) is 6.34 Å². The van der Waals surface area contributed by atoms with Crippen LogP contribution in [0.3, 0.4) is 0 Å². The van der Waals surface area contributed by atoms with E-state index in [9.17, 15) is 5.11 Å². The molecule has 1 aliphatic rings. The molecule has 0 amide bonds. The van der Waals surface area contributed by atoms with Crippen molar-refractivity contribution in [2.75, 3.05) is 32.7 Å². The first-order valence-electron chi connectivity index (χ1n) is 7.34. The van der Waals surface area contributed by atoms with E-state index in [0.717, 1.165) is 44.8 Å². The molecule has 0 spiro atoms. The highest BCUT2D eigenvalue weighted by molar-refractivity contribution is 5.63. The van der Waals surface area contributed by atoms with Crippen LogP contribution in [0.2, 0.25) is 0 Å². The Labute approximate surface area is 122 Å². The molecule has 1 rings (SSSR count). The molecular weight excluding hydrogens is 252 g/mol. The maximum absolute atomic E-state index is 9.87. The number of aliphatic imine (C=N–C) groups is 2. The molecule has 0 atom stereocenters. The van der Waals surface area contributed by atoms with Crippen LogP contribution in [0, 0.1) is 0 Å². The minimum Gasteiger partial charge on any atom is -0.389 e. The standard InChI is InChI=1S/C15H28N4O/c1-5-6-7-14(17-13-16-4)19-10-8-18(9-11-19)12-15(2,3)20/h7,13,20H,4-6,8-12H2,1-3H3/b14-7+,17-13-. The number of nitrogens with zero attached hydrogens (tertiary/aromatic N) is 4. The van der Waals surface area contributed by atoms with Crippen LogP contribution >= 0.6 is 0 Å². The zero-order valence-electron chi connectivity index (χ0n) is 13.0. The second-order valence-electron chi connectivity index (χ2n) is 5.85. The van der Waals surface area contributed by atoms with E-state index >= 15 is 0 Å². The second-order valence-corrected chi connectivity index (χ2v) is 5.85. The minimum absolute atomic E-state index is 0.631. The van der Waals surface area contributed by atoms with Gasteiger partial charge in [-0.1, -0.05) is 13.3 Å². The van der Waals surface area contributed by atoms with Crippen LogP contribution in [-0.4, -0.2) is 66.3 Å². The van der Waals surface area contributed by atoms with Crippen LogP contribution in [0.1, 0.15) is 33.6 Å². The Morgan fingerprint density at radius 1 is 1.30 bits per heavy atom. The molecule has 0 bridgehead atoms. The highest BCUT2D eigenvalue weighted by Crippen LogP contribution is 2.14. The summed E-state index contributed by atoms with van der Waals surface area (Å²) < 4.78 is 0. The van der Waals surface area contributed by atoms with Gasteiger partial charge in [-0.25, -0.2) is 4.99 Å². The van der Waals surface area contributed by atoms with Crippen LogP contribution in [0.15, 0.2) is 21.9 Å². The van der Waals surface area contributed by atoms with E-state index in [1.54, 1.807) is 0 Å². The lowest BCUT2D eigenvalue weighted by Gasteiger charge is -2.38. The Hall–Kier alpha value is -1.20. The summed E-state index contributed by atoms with van der Waals surface area (Å²) >= 11 is 0. The third-order valence-electron chi connectivity index (χ3n) is 3.19. The van der Waals surface area contributed by atoms with E-state index in [0.29, 0.717) is 6.54 Å². The fourth-order valence-corrected chi connectivity index (χ4v) is 2.32. The molecular formula is C15H28N4O. The highest BCUT2D eigenvalue weighted by Gasteiger charge is 2.23. The lowest BCUT2D eigenvalue weighted by Crippen LogP contribution is -2.49. The normalized spacial score (nSPS) is 18.8. The van der Waals surface area contributed by atoms with E-state index in [-0.39, 0.29) is 0 Å². The Bertz CT molecular complexity index is 349. The highest BCUT2D eigenvalue weighted by atomic mass is 16.3. The van der Waals surface area contributed by atoms with Crippen LogP contribution in [-0.2, 0) is 0 Å². The first kappa shape index (κ1) is 16.9. The van der Waals surface area contributed by atoms with E-state index < -0.39 is 5.60 Å². The number of unbranched alkanes of at least 4 members (excludes halogenated alkanes) is 1. The molecule has 0 aromatic rings. The van der Waals surface area contributed by atoms with Crippen molar-refractivity contribution in [3.8, 4) is 0 Å². The smallest absolute Gasteiger partial charge is 0.126 e. The van der Waals surface area contributed by atoms with Crippen LogP contribution in [0.5, 0.6) is 0 Å². The average molecular weight is 280 g/mol. The summed E-state index contributed by atoms with van der Waals surface area (Å²) in [5.74, 6) is 0.988. The van der Waals surface area contributed by atoms with Crippen molar-refractivity contribution in [1.82, 2.24) is 9.80 Å². The van der Waals surface area contributed by atoms with Gasteiger partial charge in [-0.3, -0.25) is 9.89 Å². The molecule has 0 aliphatic carbocycles. The predicted octanol–water partition coefficient (Wildman–Crippen LogP) is 1.75. The predicted molar refractivity (Wildman–Crippen MR) is 85.3 cm³/mol. The van der Waals surface area contributed by atoms with Gasteiger partial charge >= 0.3 is 0 Å². The summed E-state index contributed by atoms with van der Waals surface area (Å²) in [6.07, 6.45) is 5.80. The molecule has 5 nitrogen and oxygen atoms in total. The number of hydrogen-bond acceptors (Lipinski definition) is 4. The summed E-state index contributed by atoms with van der Waals surface area (Å²) in [7, 11) is 0. The fraction of sp³-hybridized carbons (Fsp3) is 0.733. The fourth-order valence-electron chi connectivity index (χ4n) is 2.32. The van der Waals surface area contributed by atoms with Gasteiger partial charge in [0, 0.05) is 32.7 Å². The lowest BCUT2D eigenvalue weighted by molar-refractivity contribution is 0.0218. The molecule has 0 aromatic carbocycles. The van der Waals surface area contributed by atoms with Crippen LogP contribution in [0.4, 0.5) is 0 Å². The van der Waals surface area contributed by atoms with Crippen LogP contribution < -0.4 is 0 Å². The molecule has 1 saturated heterocycles. The summed E-state index contributed by atoms with van der Waals surface area (Å²) in [6.45, 7) is 13.8. The van der Waals surface area contributed by atoms with E-state index in [4.69, 9.17) is 0 Å². The average Bonchev–Trinajstić information content (AvgIpc) is 2.38. The van der Waals surface area contributed by atoms with E-state index in [1.807, 2.05) is 13.8 Å². The van der Waals surface area contributed by atoms with E-state index in [2.05, 4.69) is 39.5 Å². The Morgan fingerprint density at radius 2 is 1.95 bits per heavy atom. The third-order valence-corrected chi connectivity index (χ3v) is 3.19. The van der Waals surface area contributed by atoms with Crippen molar-refractivity contribution < 1.29 is 5.11 Å². The summed E-state index contributed by atoms with van der Waals surface area (Å²) in [5, 5.41) is 9.87. The Balaban J connectivity index is 2.56. The van der Waals surface area contributed by atoms with Crippen molar-refractivity contribution >= 4 is 13.1 Å². The maximum Gasteiger partial charge on any atom is 0.126 e. The van der Waals surface area contributed by atoms with Crippen molar-refractivity contribution in [3.05, 3.63) is 11.9 Å². The Kier molecular flexibility index (Phi) is 6.88. The monoisotopic (exact) mass is 280 g/mol.